The van der Waals surface area contributed by atoms with Gasteiger partial charge in [0, 0.05) is 24.0 Å². The molecule has 0 aliphatic carbocycles. The van der Waals surface area contributed by atoms with Crippen molar-refractivity contribution in [2.75, 3.05) is 6.54 Å². The average Bonchev–Trinajstić information content (AvgIpc) is 3.08. The van der Waals surface area contributed by atoms with E-state index in [1.54, 1.807) is 30.3 Å². The largest absolute Gasteiger partial charge is 0.352 e. The molecule has 0 fully saturated rings. The van der Waals surface area contributed by atoms with Crippen molar-refractivity contribution in [1.82, 2.24) is 14.5 Å². The fourth-order valence-corrected chi connectivity index (χ4v) is 6.06. The van der Waals surface area contributed by atoms with Crippen LogP contribution in [-0.2, 0) is 32.6 Å². The van der Waals surface area contributed by atoms with Crippen molar-refractivity contribution in [2.45, 2.75) is 43.8 Å². The van der Waals surface area contributed by atoms with E-state index in [0.717, 1.165) is 5.56 Å². The average molecular weight is 554 g/mol. The highest BCUT2D eigenvalue weighted by atomic mass is 35.5. The zero-order valence-electron chi connectivity index (χ0n) is 21.0. The van der Waals surface area contributed by atoms with E-state index in [4.69, 9.17) is 11.6 Å². The van der Waals surface area contributed by atoms with Crippen molar-refractivity contribution in [3.05, 3.63) is 101 Å². The molecule has 3 aromatic rings. The van der Waals surface area contributed by atoms with Crippen LogP contribution in [0.15, 0.2) is 83.8 Å². The number of halogens is 1. The molecule has 10 heteroatoms. The van der Waals surface area contributed by atoms with Crippen LogP contribution in [0.1, 0.15) is 35.3 Å². The first-order valence-electron chi connectivity index (χ1n) is 12.1. The molecule has 1 N–H and O–H groups in total. The summed E-state index contributed by atoms with van der Waals surface area (Å²) < 4.78 is 26.8. The number of hydrogen-bond acceptors (Lipinski definition) is 5. The van der Waals surface area contributed by atoms with E-state index in [1.165, 1.54) is 23.1 Å². The minimum absolute atomic E-state index is 0.0105. The predicted octanol–water partition coefficient (Wildman–Crippen LogP) is 3.65. The van der Waals surface area contributed by atoms with Crippen molar-refractivity contribution in [1.29, 1.82) is 0 Å². The van der Waals surface area contributed by atoms with E-state index in [9.17, 15) is 22.8 Å². The lowest BCUT2D eigenvalue weighted by Crippen LogP contribution is -2.54. The molecule has 198 valence electrons. The molecular weight excluding hydrogens is 526 g/mol. The fourth-order valence-electron chi connectivity index (χ4n) is 4.35. The quantitative estimate of drug-likeness (QED) is 0.435. The number of rotatable bonds is 9. The number of sulfonamides is 1. The van der Waals surface area contributed by atoms with Crippen LogP contribution in [0.5, 0.6) is 0 Å². The molecule has 0 bridgehead atoms. The van der Waals surface area contributed by atoms with Gasteiger partial charge >= 0.3 is 0 Å². The van der Waals surface area contributed by atoms with Gasteiger partial charge in [-0.25, -0.2) is 12.7 Å². The van der Waals surface area contributed by atoms with Gasteiger partial charge in [0.1, 0.15) is 17.5 Å². The Bertz CT molecular complexity index is 1460. The first kappa shape index (κ1) is 27.3. The number of carbonyl (C=O) groups is 3. The Hall–Kier alpha value is -3.69. The number of amides is 3. The minimum atomic E-state index is -4.22. The number of benzene rings is 3. The Balaban J connectivity index is 1.73. The lowest BCUT2D eigenvalue weighted by Gasteiger charge is -2.33. The summed E-state index contributed by atoms with van der Waals surface area (Å²) in [5, 5.41) is 3.26. The molecule has 1 heterocycles. The van der Waals surface area contributed by atoms with E-state index in [-0.39, 0.29) is 29.5 Å². The highest BCUT2D eigenvalue weighted by Gasteiger charge is 2.43. The highest BCUT2D eigenvalue weighted by Crippen LogP contribution is 2.30. The van der Waals surface area contributed by atoms with Crippen LogP contribution in [0.2, 0.25) is 5.02 Å². The van der Waals surface area contributed by atoms with Gasteiger partial charge in [0.15, 0.2) is 0 Å². The summed E-state index contributed by atoms with van der Waals surface area (Å²) in [6.07, 6.45) is 0.177. The Morgan fingerprint density at radius 1 is 0.947 bits per heavy atom. The van der Waals surface area contributed by atoms with E-state index in [0.29, 0.717) is 14.9 Å². The molecule has 4 rings (SSSR count). The summed E-state index contributed by atoms with van der Waals surface area (Å²) in [6, 6.07) is 20.8. The van der Waals surface area contributed by atoms with Crippen LogP contribution < -0.4 is 5.32 Å². The maximum absolute atomic E-state index is 13.9. The summed E-state index contributed by atoms with van der Waals surface area (Å²) in [5.41, 5.74) is 1.40. The van der Waals surface area contributed by atoms with Gasteiger partial charge in [-0.3, -0.25) is 14.4 Å². The molecule has 1 atom stereocenters. The summed E-state index contributed by atoms with van der Waals surface area (Å²) in [6.45, 7) is 2.81. The van der Waals surface area contributed by atoms with Crippen molar-refractivity contribution >= 4 is 39.3 Å². The number of nitrogens with zero attached hydrogens (tertiary/aromatic N) is 2. The van der Waals surface area contributed by atoms with Crippen molar-refractivity contribution in [3.8, 4) is 0 Å². The molecule has 3 aromatic carbocycles. The number of nitrogens with one attached hydrogen (secondary N) is 1. The molecule has 0 saturated carbocycles. The Morgan fingerprint density at radius 3 is 2.24 bits per heavy atom. The van der Waals surface area contributed by atoms with Crippen LogP contribution in [-0.4, -0.2) is 54.0 Å². The lowest BCUT2D eigenvalue weighted by atomic mass is 10.0. The summed E-state index contributed by atoms with van der Waals surface area (Å²) in [4.78, 5) is 41.5. The van der Waals surface area contributed by atoms with E-state index in [2.05, 4.69) is 5.32 Å². The van der Waals surface area contributed by atoms with Crippen molar-refractivity contribution in [3.63, 3.8) is 0 Å². The van der Waals surface area contributed by atoms with Crippen LogP contribution in [0.4, 0.5) is 0 Å². The second kappa shape index (κ2) is 11.4. The molecular formula is C28H28ClN3O5S. The topological polar surface area (TPSA) is 104 Å². The first-order chi connectivity index (χ1) is 18.1. The van der Waals surface area contributed by atoms with Crippen LogP contribution in [0.25, 0.3) is 0 Å². The molecule has 3 amide bonds. The Morgan fingerprint density at radius 2 is 1.58 bits per heavy atom. The van der Waals surface area contributed by atoms with E-state index in [1.807, 2.05) is 44.2 Å². The van der Waals surface area contributed by atoms with Crippen LogP contribution in [0.3, 0.4) is 0 Å². The van der Waals surface area contributed by atoms with E-state index < -0.39 is 40.3 Å². The zero-order valence-corrected chi connectivity index (χ0v) is 22.6. The third kappa shape index (κ3) is 5.74. The number of fused-ring (bicyclic) bond motifs is 1. The maximum atomic E-state index is 13.9. The smallest absolute Gasteiger partial charge is 0.269 e. The molecule has 0 saturated heterocycles. The minimum Gasteiger partial charge on any atom is -0.352 e. The number of carbonyl (C=O) groups excluding carboxylic acids is 3. The predicted molar refractivity (Wildman–Crippen MR) is 144 cm³/mol. The maximum Gasteiger partial charge on any atom is 0.269 e. The van der Waals surface area contributed by atoms with Gasteiger partial charge in [0.2, 0.25) is 11.8 Å². The van der Waals surface area contributed by atoms with Crippen LogP contribution in [0, 0.1) is 0 Å². The Kier molecular flexibility index (Phi) is 8.18. The van der Waals surface area contributed by atoms with Gasteiger partial charge < -0.3 is 10.2 Å². The summed E-state index contributed by atoms with van der Waals surface area (Å²) in [7, 11) is -4.22. The molecule has 1 aliphatic heterocycles. The number of hydrogen-bond donors (Lipinski definition) is 1. The standard InChI is InChI=1S/C28H28ClN3O5S/c1-19(2)30-27(34)24(16-20-10-4-3-5-11-20)31(17-21-12-6-8-14-23(21)29)26(33)18-32-28(35)22-13-7-9-15-25(22)38(32,36)37/h3-15,19,24H,16-18H2,1-2H3,(H,30,34)/t24-/m1/s1. The molecule has 0 spiro atoms. The molecule has 0 unspecified atom stereocenters. The summed E-state index contributed by atoms with van der Waals surface area (Å²) in [5.74, 6) is -1.88. The Labute approximate surface area is 227 Å². The first-order valence-corrected chi connectivity index (χ1v) is 13.9. The van der Waals surface area contributed by atoms with Gasteiger partial charge in [-0.2, -0.15) is 0 Å². The molecule has 38 heavy (non-hydrogen) atoms. The zero-order chi connectivity index (χ0) is 27.4. The highest BCUT2D eigenvalue weighted by molar-refractivity contribution is 7.90. The molecule has 8 nitrogen and oxygen atoms in total. The van der Waals surface area contributed by atoms with Gasteiger partial charge in [0.05, 0.1) is 5.56 Å². The van der Waals surface area contributed by atoms with E-state index >= 15 is 0 Å². The van der Waals surface area contributed by atoms with Gasteiger partial charge in [-0.15, -0.1) is 0 Å². The summed E-state index contributed by atoms with van der Waals surface area (Å²) >= 11 is 6.40. The third-order valence-electron chi connectivity index (χ3n) is 6.19. The third-order valence-corrected chi connectivity index (χ3v) is 8.35. The van der Waals surface area contributed by atoms with Gasteiger partial charge in [-0.1, -0.05) is 72.3 Å². The van der Waals surface area contributed by atoms with Crippen molar-refractivity contribution < 1.29 is 22.8 Å². The fraction of sp³-hybridized carbons (Fsp3) is 0.250. The second-order valence-corrected chi connectivity index (χ2v) is 11.5. The molecule has 0 aromatic heterocycles. The molecule has 0 radical (unpaired) electrons. The van der Waals surface area contributed by atoms with Crippen molar-refractivity contribution in [2.24, 2.45) is 0 Å². The monoisotopic (exact) mass is 553 g/mol. The lowest BCUT2D eigenvalue weighted by molar-refractivity contribution is -0.141. The molecule has 1 aliphatic rings. The van der Waals surface area contributed by atoms with Gasteiger partial charge in [-0.05, 0) is 43.2 Å². The van der Waals surface area contributed by atoms with Gasteiger partial charge in [0.25, 0.3) is 15.9 Å². The normalized spacial score (nSPS) is 14.7. The second-order valence-electron chi connectivity index (χ2n) is 9.29. The SMILES string of the molecule is CC(C)NC(=O)[C@@H](Cc1ccccc1)N(Cc1ccccc1Cl)C(=O)CN1C(=O)c2ccccc2S1(=O)=O. The van der Waals surface area contributed by atoms with Crippen LogP contribution >= 0.6 is 11.6 Å².